The van der Waals surface area contributed by atoms with Crippen molar-refractivity contribution in [2.45, 2.75) is 68.7 Å². The van der Waals surface area contributed by atoms with Gasteiger partial charge in [0.2, 0.25) is 15.9 Å². The minimum Gasteiger partial charge on any atom is -0.468 e. The van der Waals surface area contributed by atoms with Gasteiger partial charge in [0.25, 0.3) is 0 Å². The summed E-state index contributed by atoms with van der Waals surface area (Å²) in [5, 5.41) is 3.15. The molecule has 1 aliphatic carbocycles. The van der Waals surface area contributed by atoms with Crippen molar-refractivity contribution in [1.29, 1.82) is 0 Å². The Hall–Kier alpha value is -2.16. The predicted octanol–water partition coefficient (Wildman–Crippen LogP) is 3.90. The quantitative estimate of drug-likeness (QED) is 0.625. The minimum absolute atomic E-state index is 0.0180. The molecule has 0 bridgehead atoms. The summed E-state index contributed by atoms with van der Waals surface area (Å²) in [5.41, 5.74) is 2.45. The van der Waals surface area contributed by atoms with Gasteiger partial charge < -0.3 is 9.73 Å². The van der Waals surface area contributed by atoms with Crippen LogP contribution in [0.3, 0.4) is 0 Å². The highest BCUT2D eigenvalue weighted by Crippen LogP contribution is 2.29. The summed E-state index contributed by atoms with van der Waals surface area (Å²) in [6.45, 7) is 3.30. The lowest BCUT2D eigenvalue weighted by Crippen LogP contribution is -2.45. The lowest BCUT2D eigenvalue weighted by Gasteiger charge is -2.34. The number of sulfonamides is 1. The van der Waals surface area contributed by atoms with Crippen molar-refractivity contribution in [1.82, 2.24) is 14.5 Å². The highest BCUT2D eigenvalue weighted by Gasteiger charge is 2.33. The van der Waals surface area contributed by atoms with E-state index in [1.165, 1.54) is 36.8 Å². The number of amides is 1. The Bertz CT molecular complexity index is 1100. The van der Waals surface area contributed by atoms with Crippen LogP contribution in [-0.2, 0) is 27.7 Å². The van der Waals surface area contributed by atoms with Crippen LogP contribution in [0.4, 0.5) is 0 Å². The molecular weight excluding hydrogens is 462 g/mol. The molecule has 8 heteroatoms. The van der Waals surface area contributed by atoms with Crippen LogP contribution in [0, 0.1) is 5.92 Å². The van der Waals surface area contributed by atoms with Gasteiger partial charge in [0.05, 0.1) is 17.2 Å². The van der Waals surface area contributed by atoms with E-state index in [4.69, 9.17) is 4.42 Å². The molecule has 1 aromatic carbocycles. The topological polar surface area (TPSA) is 82.9 Å². The number of rotatable bonds is 7. The van der Waals surface area contributed by atoms with Crippen LogP contribution < -0.4 is 5.32 Å². The summed E-state index contributed by atoms with van der Waals surface area (Å²) in [5.74, 6) is 0.742. The zero-order valence-electron chi connectivity index (χ0n) is 20.5. The first-order chi connectivity index (χ1) is 17.0. The van der Waals surface area contributed by atoms with Crippen LogP contribution >= 0.6 is 0 Å². The summed E-state index contributed by atoms with van der Waals surface area (Å²) < 4.78 is 33.8. The maximum atomic E-state index is 13.3. The van der Waals surface area contributed by atoms with E-state index in [2.05, 4.69) is 10.2 Å². The number of hydrogen-bond donors (Lipinski definition) is 1. The average molecular weight is 500 g/mol. The molecule has 5 rings (SSSR count). The van der Waals surface area contributed by atoms with Gasteiger partial charge in [0, 0.05) is 25.6 Å². The monoisotopic (exact) mass is 499 g/mol. The number of aryl methyl sites for hydroxylation is 2. The maximum absolute atomic E-state index is 13.3. The molecule has 1 unspecified atom stereocenters. The largest absolute Gasteiger partial charge is 0.468 e. The Balaban J connectivity index is 1.17. The third kappa shape index (κ3) is 5.49. The summed E-state index contributed by atoms with van der Waals surface area (Å²) >= 11 is 0. The van der Waals surface area contributed by atoms with Crippen LogP contribution in [0.2, 0.25) is 0 Å². The number of piperidine rings is 2. The molecular formula is C27H37N3O4S. The Morgan fingerprint density at radius 1 is 0.971 bits per heavy atom. The van der Waals surface area contributed by atoms with E-state index in [-0.39, 0.29) is 17.9 Å². The molecule has 2 aliphatic heterocycles. The van der Waals surface area contributed by atoms with Crippen molar-refractivity contribution in [2.24, 2.45) is 5.92 Å². The molecule has 3 heterocycles. The van der Waals surface area contributed by atoms with E-state index in [9.17, 15) is 13.2 Å². The SMILES string of the molecule is O=C(NCC(c1ccco1)N1CCCCC1)C1CCN(S(=O)(=O)c2ccc3c(c2)CCCC3)CC1. The van der Waals surface area contributed by atoms with E-state index < -0.39 is 10.0 Å². The Morgan fingerprint density at radius 2 is 1.71 bits per heavy atom. The minimum atomic E-state index is -3.53. The van der Waals surface area contributed by atoms with Crippen molar-refractivity contribution in [3.63, 3.8) is 0 Å². The third-order valence-electron chi connectivity index (χ3n) is 7.96. The first kappa shape index (κ1) is 24.5. The summed E-state index contributed by atoms with van der Waals surface area (Å²) in [6.07, 6.45) is 10.7. The van der Waals surface area contributed by atoms with E-state index in [1.807, 2.05) is 24.3 Å². The first-order valence-corrected chi connectivity index (χ1v) is 14.6. The molecule has 35 heavy (non-hydrogen) atoms. The molecule has 0 radical (unpaired) electrons. The number of benzene rings is 1. The molecule has 2 aromatic rings. The lowest BCUT2D eigenvalue weighted by molar-refractivity contribution is -0.126. The highest BCUT2D eigenvalue weighted by atomic mass is 32.2. The fraction of sp³-hybridized carbons (Fsp3) is 0.593. The summed E-state index contributed by atoms with van der Waals surface area (Å²) in [6, 6.07) is 9.53. The van der Waals surface area contributed by atoms with Crippen LogP contribution in [-0.4, -0.2) is 56.3 Å². The maximum Gasteiger partial charge on any atom is 0.243 e. The van der Waals surface area contributed by atoms with Crippen LogP contribution in [0.25, 0.3) is 0 Å². The molecule has 1 atom stereocenters. The number of carbonyl (C=O) groups is 1. The lowest BCUT2D eigenvalue weighted by atomic mass is 9.92. The number of likely N-dealkylation sites (tertiary alicyclic amines) is 1. The van der Waals surface area contributed by atoms with Crippen molar-refractivity contribution >= 4 is 15.9 Å². The van der Waals surface area contributed by atoms with Gasteiger partial charge in [-0.2, -0.15) is 4.31 Å². The van der Waals surface area contributed by atoms with Gasteiger partial charge in [-0.1, -0.05) is 12.5 Å². The van der Waals surface area contributed by atoms with Gasteiger partial charge in [-0.15, -0.1) is 0 Å². The third-order valence-corrected chi connectivity index (χ3v) is 9.85. The van der Waals surface area contributed by atoms with Crippen LogP contribution in [0.15, 0.2) is 45.9 Å². The Morgan fingerprint density at radius 3 is 2.43 bits per heavy atom. The molecule has 2 saturated heterocycles. The van der Waals surface area contributed by atoms with Crippen LogP contribution in [0.5, 0.6) is 0 Å². The fourth-order valence-electron chi connectivity index (χ4n) is 5.84. The number of hydrogen-bond acceptors (Lipinski definition) is 5. The smallest absolute Gasteiger partial charge is 0.243 e. The molecule has 1 N–H and O–H groups in total. The summed E-state index contributed by atoms with van der Waals surface area (Å²) in [7, 11) is -3.53. The zero-order valence-corrected chi connectivity index (χ0v) is 21.3. The molecule has 1 amide bonds. The van der Waals surface area contributed by atoms with Gasteiger partial charge in [0.15, 0.2) is 0 Å². The standard InChI is InChI=1S/C27H37N3O4S/c31-27(28-20-25(26-9-6-18-34-26)29-14-4-1-5-15-29)22-12-16-30(17-13-22)35(32,33)24-11-10-21-7-2-3-8-23(21)19-24/h6,9-11,18-19,22,25H,1-5,7-8,12-17,20H2,(H,28,31). The van der Waals surface area contributed by atoms with E-state index >= 15 is 0 Å². The number of fused-ring (bicyclic) bond motifs is 1. The molecule has 0 spiro atoms. The van der Waals surface area contributed by atoms with E-state index in [0.29, 0.717) is 37.4 Å². The van der Waals surface area contributed by atoms with E-state index in [0.717, 1.165) is 38.1 Å². The molecule has 190 valence electrons. The fourth-order valence-corrected chi connectivity index (χ4v) is 7.36. The summed E-state index contributed by atoms with van der Waals surface area (Å²) in [4.78, 5) is 15.8. The first-order valence-electron chi connectivity index (χ1n) is 13.2. The second-order valence-corrected chi connectivity index (χ2v) is 12.1. The number of furan rings is 1. The van der Waals surface area contributed by atoms with Gasteiger partial charge in [0.1, 0.15) is 5.76 Å². The van der Waals surface area contributed by atoms with Crippen molar-refractivity contribution in [2.75, 3.05) is 32.7 Å². The Kier molecular flexibility index (Phi) is 7.60. The van der Waals surface area contributed by atoms with E-state index in [1.54, 1.807) is 16.6 Å². The Labute approximate surface area is 208 Å². The molecule has 7 nitrogen and oxygen atoms in total. The molecule has 3 aliphatic rings. The van der Waals surface area contributed by atoms with Crippen LogP contribution in [0.1, 0.15) is 67.9 Å². The van der Waals surface area contributed by atoms with Gasteiger partial charge in [-0.3, -0.25) is 9.69 Å². The van der Waals surface area contributed by atoms with Crippen molar-refractivity contribution in [3.05, 3.63) is 53.5 Å². The molecule has 1 aromatic heterocycles. The van der Waals surface area contributed by atoms with Crippen molar-refractivity contribution in [3.8, 4) is 0 Å². The van der Waals surface area contributed by atoms with Gasteiger partial charge in [-0.25, -0.2) is 8.42 Å². The number of nitrogens with zero attached hydrogens (tertiary/aromatic N) is 2. The second-order valence-electron chi connectivity index (χ2n) is 10.2. The molecule has 2 fully saturated rings. The zero-order chi connectivity index (χ0) is 24.3. The van der Waals surface area contributed by atoms with Crippen molar-refractivity contribution < 1.29 is 17.6 Å². The van der Waals surface area contributed by atoms with Gasteiger partial charge in [-0.05, 0) is 99.8 Å². The average Bonchev–Trinajstić information content (AvgIpc) is 3.44. The number of carbonyl (C=O) groups excluding carboxylic acids is 1. The number of nitrogens with one attached hydrogen (secondary N) is 1. The second kappa shape index (κ2) is 10.8. The van der Waals surface area contributed by atoms with Gasteiger partial charge >= 0.3 is 0 Å². The normalized spacial score (nSPS) is 21.4. The highest BCUT2D eigenvalue weighted by molar-refractivity contribution is 7.89. The molecule has 0 saturated carbocycles. The predicted molar refractivity (Wildman–Crippen MR) is 134 cm³/mol.